The van der Waals surface area contributed by atoms with Gasteiger partial charge in [-0.25, -0.2) is 0 Å². The molecular weight excluding hydrogens is 204 g/mol. The Balaban J connectivity index is 3.01. The lowest BCUT2D eigenvalue weighted by molar-refractivity contribution is 0.918. The van der Waals surface area contributed by atoms with E-state index in [1.165, 1.54) is 5.56 Å². The summed E-state index contributed by atoms with van der Waals surface area (Å²) in [5.74, 6) is 0.245. The van der Waals surface area contributed by atoms with Crippen molar-refractivity contribution >= 4 is 11.6 Å². The highest BCUT2D eigenvalue weighted by Gasteiger charge is 2.11. The van der Waals surface area contributed by atoms with Crippen LogP contribution in [0.25, 0.3) is 0 Å². The van der Waals surface area contributed by atoms with Gasteiger partial charge in [-0.15, -0.1) is 0 Å². The van der Waals surface area contributed by atoms with E-state index >= 15 is 0 Å². The first-order valence-corrected chi connectivity index (χ1v) is 5.27. The summed E-state index contributed by atoms with van der Waals surface area (Å²) in [5.41, 5.74) is 2.24. The summed E-state index contributed by atoms with van der Waals surface area (Å²) in [6.07, 6.45) is 3.65. The van der Waals surface area contributed by atoms with Crippen molar-refractivity contribution in [1.29, 1.82) is 0 Å². The third-order valence-corrected chi connectivity index (χ3v) is 2.59. The first-order chi connectivity index (χ1) is 7.16. The molecule has 0 saturated carbocycles. The molecule has 0 aliphatic heterocycles. The molecule has 0 aliphatic carbocycles. The highest BCUT2D eigenvalue weighted by molar-refractivity contribution is 6.31. The summed E-state index contributed by atoms with van der Waals surface area (Å²) < 4.78 is 0. The van der Waals surface area contributed by atoms with Gasteiger partial charge in [0, 0.05) is 11.0 Å². The average Bonchev–Trinajstić information content (AvgIpc) is 2.26. The van der Waals surface area contributed by atoms with Gasteiger partial charge in [-0.3, -0.25) is 0 Å². The lowest BCUT2D eigenvalue weighted by Crippen LogP contribution is -1.97. The summed E-state index contributed by atoms with van der Waals surface area (Å²) in [6.45, 7) is 9.56. The van der Waals surface area contributed by atoms with Crippen molar-refractivity contribution in [2.75, 3.05) is 0 Å². The third kappa shape index (κ3) is 3.10. The average molecular weight is 219 g/mol. The van der Waals surface area contributed by atoms with Crippen molar-refractivity contribution in [2.45, 2.75) is 12.8 Å². The Morgan fingerprint density at radius 2 is 1.93 bits per heavy atom. The third-order valence-electron chi connectivity index (χ3n) is 2.38. The fourth-order valence-electron chi connectivity index (χ4n) is 1.52. The molecule has 1 unspecified atom stereocenters. The lowest BCUT2D eigenvalue weighted by Gasteiger charge is -2.15. The van der Waals surface area contributed by atoms with E-state index in [0.717, 1.165) is 5.57 Å². The van der Waals surface area contributed by atoms with Crippen LogP contribution in [0.5, 0.6) is 0 Å². The number of rotatable bonds is 4. The van der Waals surface area contributed by atoms with Gasteiger partial charge in [0.05, 0.1) is 0 Å². The number of allylic oxidation sites excluding steroid dienone is 4. The van der Waals surface area contributed by atoms with E-state index in [-0.39, 0.29) is 5.92 Å². The van der Waals surface area contributed by atoms with E-state index in [9.17, 15) is 0 Å². The Kier molecular flexibility index (Phi) is 4.38. The highest BCUT2D eigenvalue weighted by Crippen LogP contribution is 2.29. The van der Waals surface area contributed by atoms with Crippen LogP contribution in [0.4, 0.5) is 0 Å². The van der Waals surface area contributed by atoms with Gasteiger partial charge in [0.15, 0.2) is 0 Å². The zero-order valence-corrected chi connectivity index (χ0v) is 9.67. The molecule has 0 saturated heterocycles. The topological polar surface area (TPSA) is 0 Å². The van der Waals surface area contributed by atoms with Crippen LogP contribution < -0.4 is 0 Å². The van der Waals surface area contributed by atoms with Gasteiger partial charge >= 0.3 is 0 Å². The second kappa shape index (κ2) is 5.57. The molecule has 0 radical (unpaired) electrons. The number of benzene rings is 1. The fourth-order valence-corrected chi connectivity index (χ4v) is 1.74. The van der Waals surface area contributed by atoms with Crippen LogP contribution >= 0.6 is 11.6 Å². The molecule has 78 valence electrons. The quantitative estimate of drug-likeness (QED) is 0.645. The second-order valence-corrected chi connectivity index (χ2v) is 3.85. The van der Waals surface area contributed by atoms with Crippen LogP contribution in [0.1, 0.15) is 18.4 Å². The Morgan fingerprint density at radius 1 is 1.33 bits per heavy atom. The van der Waals surface area contributed by atoms with E-state index in [0.29, 0.717) is 5.03 Å². The standard InChI is InChI=1S/C14H15Cl/c1-4-8-14(12(3)15)11(2)13-9-6-5-7-10-13/h4-11H,1,3H2,2H3/b14-8-. The Labute approximate surface area is 96.6 Å². The van der Waals surface area contributed by atoms with Gasteiger partial charge in [0.2, 0.25) is 0 Å². The van der Waals surface area contributed by atoms with E-state index in [1.54, 1.807) is 6.08 Å². The van der Waals surface area contributed by atoms with Gasteiger partial charge in [0.1, 0.15) is 0 Å². The van der Waals surface area contributed by atoms with Crippen molar-refractivity contribution in [3.63, 3.8) is 0 Å². The van der Waals surface area contributed by atoms with E-state index < -0.39 is 0 Å². The van der Waals surface area contributed by atoms with Gasteiger partial charge in [-0.2, -0.15) is 0 Å². The minimum atomic E-state index is 0.245. The molecule has 0 N–H and O–H groups in total. The van der Waals surface area contributed by atoms with E-state index in [1.807, 2.05) is 24.3 Å². The molecule has 0 fully saturated rings. The normalized spacial score (nSPS) is 13.3. The first-order valence-electron chi connectivity index (χ1n) is 4.89. The molecule has 1 aromatic carbocycles. The van der Waals surface area contributed by atoms with Crippen LogP contribution in [-0.2, 0) is 0 Å². The zero-order chi connectivity index (χ0) is 11.3. The van der Waals surface area contributed by atoms with Crippen LogP contribution in [0.15, 0.2) is 66.2 Å². The first kappa shape index (κ1) is 11.8. The Morgan fingerprint density at radius 3 is 2.40 bits per heavy atom. The van der Waals surface area contributed by atoms with Crippen molar-refractivity contribution in [1.82, 2.24) is 0 Å². The molecule has 1 heteroatoms. The van der Waals surface area contributed by atoms with Gasteiger partial charge < -0.3 is 0 Å². The summed E-state index contributed by atoms with van der Waals surface area (Å²) in [4.78, 5) is 0. The monoisotopic (exact) mass is 218 g/mol. The molecule has 0 heterocycles. The van der Waals surface area contributed by atoms with Crippen molar-refractivity contribution < 1.29 is 0 Å². The van der Waals surface area contributed by atoms with Crippen LogP contribution in [-0.4, -0.2) is 0 Å². The zero-order valence-electron chi connectivity index (χ0n) is 8.91. The molecular formula is C14H15Cl. The Hall–Kier alpha value is -1.27. The molecule has 0 bridgehead atoms. The van der Waals surface area contributed by atoms with Gasteiger partial charge in [-0.05, 0) is 11.1 Å². The summed E-state index contributed by atoms with van der Waals surface area (Å²) in [7, 11) is 0. The fraction of sp³-hybridized carbons (Fsp3) is 0.143. The molecule has 1 atom stereocenters. The largest absolute Gasteiger partial charge is 0.0991 e. The Bertz CT molecular complexity index is 374. The summed E-state index contributed by atoms with van der Waals surface area (Å²) in [6, 6.07) is 10.2. The second-order valence-electron chi connectivity index (χ2n) is 3.39. The smallest absolute Gasteiger partial charge is 0.0372 e. The van der Waals surface area contributed by atoms with Crippen molar-refractivity contribution in [3.05, 3.63) is 71.8 Å². The predicted molar refractivity (Wildman–Crippen MR) is 68.1 cm³/mol. The molecule has 1 rings (SSSR count). The molecule has 0 nitrogen and oxygen atoms in total. The number of hydrogen-bond donors (Lipinski definition) is 0. The van der Waals surface area contributed by atoms with E-state index in [4.69, 9.17) is 11.6 Å². The summed E-state index contributed by atoms with van der Waals surface area (Å²) in [5, 5.41) is 0.575. The maximum Gasteiger partial charge on any atom is 0.0372 e. The van der Waals surface area contributed by atoms with Crippen LogP contribution in [0.2, 0.25) is 0 Å². The highest BCUT2D eigenvalue weighted by atomic mass is 35.5. The maximum absolute atomic E-state index is 5.96. The molecule has 0 spiro atoms. The predicted octanol–water partition coefficient (Wildman–Crippen LogP) is 4.66. The maximum atomic E-state index is 5.96. The minimum absolute atomic E-state index is 0.245. The lowest BCUT2D eigenvalue weighted by atomic mass is 9.92. The molecule has 1 aromatic rings. The van der Waals surface area contributed by atoms with E-state index in [2.05, 4.69) is 32.2 Å². The van der Waals surface area contributed by atoms with Crippen LogP contribution in [0.3, 0.4) is 0 Å². The van der Waals surface area contributed by atoms with Gasteiger partial charge in [0.25, 0.3) is 0 Å². The molecule has 0 amide bonds. The van der Waals surface area contributed by atoms with Crippen molar-refractivity contribution in [2.24, 2.45) is 0 Å². The summed E-state index contributed by atoms with van der Waals surface area (Å²) >= 11 is 5.96. The number of halogens is 1. The molecule has 0 aliphatic rings. The van der Waals surface area contributed by atoms with Gasteiger partial charge in [-0.1, -0.05) is 74.2 Å². The SMILES string of the molecule is C=C/C=C(\C(=C)Cl)C(C)c1ccccc1. The van der Waals surface area contributed by atoms with Crippen molar-refractivity contribution in [3.8, 4) is 0 Å². The minimum Gasteiger partial charge on any atom is -0.0991 e. The molecule has 15 heavy (non-hydrogen) atoms. The van der Waals surface area contributed by atoms with Crippen LogP contribution in [0, 0.1) is 0 Å². The number of hydrogen-bond acceptors (Lipinski definition) is 0. The molecule has 0 aromatic heterocycles.